The monoisotopic (exact) mass is 928 g/mol. The Morgan fingerprint density at radius 3 is 1.68 bits per heavy atom. The van der Waals surface area contributed by atoms with E-state index in [1.54, 1.807) is 30.3 Å². The predicted octanol–water partition coefficient (Wildman–Crippen LogP) is 11.9. The number of nitrogens with zero attached hydrogens (tertiary/aromatic N) is 6. The zero-order valence-corrected chi connectivity index (χ0v) is 41.0. The van der Waals surface area contributed by atoms with Gasteiger partial charge >= 0.3 is 16.9 Å². The van der Waals surface area contributed by atoms with Crippen LogP contribution in [0.4, 0.5) is 17.1 Å². The molecule has 0 N–H and O–H groups in total. The fourth-order valence-corrected chi connectivity index (χ4v) is 10.2. The van der Waals surface area contributed by atoms with Crippen LogP contribution >= 0.6 is 0 Å². The van der Waals surface area contributed by atoms with Crippen LogP contribution in [0, 0.1) is 0 Å². The zero-order valence-electron chi connectivity index (χ0n) is 41.0. The van der Waals surface area contributed by atoms with Crippen LogP contribution < -0.4 is 31.6 Å². The Hall–Kier alpha value is -7.02. The molecule has 0 saturated carbocycles. The predicted molar refractivity (Wildman–Crippen MR) is 275 cm³/mol. The van der Waals surface area contributed by atoms with Crippen LogP contribution in [-0.2, 0) is 10.8 Å². The van der Waals surface area contributed by atoms with Crippen molar-refractivity contribution in [3.63, 3.8) is 0 Å². The highest BCUT2D eigenvalue weighted by Crippen LogP contribution is 2.52. The molecule has 5 aromatic heterocycles. The van der Waals surface area contributed by atoms with Gasteiger partial charge in [0.2, 0.25) is 0 Å². The van der Waals surface area contributed by atoms with Crippen LogP contribution in [0.1, 0.15) is 105 Å². The zero-order chi connectivity index (χ0) is 48.4. The normalized spacial score (nSPS) is 15.0. The second-order valence-electron chi connectivity index (χ2n) is 19.9. The lowest BCUT2D eigenvalue weighted by molar-refractivity contribution is 0.398. The molecule has 7 heterocycles. The second-order valence-corrected chi connectivity index (χ2v) is 19.9. The number of furan rings is 1. The molecule has 0 aliphatic carbocycles. The molecule has 0 saturated heterocycles. The van der Waals surface area contributed by atoms with E-state index in [0.29, 0.717) is 22.1 Å². The molecule has 356 valence electrons. The maximum Gasteiger partial charge on any atom is 0.347 e. The molecule has 0 bridgehead atoms. The fourth-order valence-electron chi connectivity index (χ4n) is 10.2. The molecule has 0 radical (unpaired) electrons. The van der Waals surface area contributed by atoms with E-state index in [1.165, 1.54) is 5.56 Å². The van der Waals surface area contributed by atoms with Crippen molar-refractivity contribution >= 4 is 50.0 Å². The van der Waals surface area contributed by atoms with Crippen LogP contribution in [0.25, 0.3) is 78.6 Å². The lowest BCUT2D eigenvalue weighted by Crippen LogP contribution is -2.44. The van der Waals surface area contributed by atoms with E-state index in [4.69, 9.17) is 32.6 Å². The highest BCUT2D eigenvalue weighted by Gasteiger charge is 2.42. The number of unbranched alkanes of at least 4 members (excludes halogenated alkanes) is 2. The summed E-state index contributed by atoms with van der Waals surface area (Å²) in [6, 6.07) is 22.4. The van der Waals surface area contributed by atoms with E-state index in [2.05, 4.69) is 82.2 Å². The lowest BCUT2D eigenvalue weighted by atomic mass is 9.69. The maximum atomic E-state index is 14.4. The van der Waals surface area contributed by atoms with E-state index in [-0.39, 0.29) is 56.5 Å². The molecule has 0 amide bonds. The van der Waals surface area contributed by atoms with E-state index in [0.717, 1.165) is 111 Å². The van der Waals surface area contributed by atoms with Crippen LogP contribution in [0.5, 0.6) is 0 Å². The van der Waals surface area contributed by atoms with Crippen LogP contribution in [-0.4, -0.2) is 54.2 Å². The van der Waals surface area contributed by atoms with Gasteiger partial charge in [-0.2, -0.15) is 0 Å². The molecule has 13 nitrogen and oxygen atoms in total. The molecule has 2 aliphatic heterocycles. The van der Waals surface area contributed by atoms with Gasteiger partial charge in [0, 0.05) is 90.2 Å². The van der Waals surface area contributed by atoms with Crippen molar-refractivity contribution < 1.29 is 17.7 Å². The Morgan fingerprint density at radius 2 is 1.07 bits per heavy atom. The van der Waals surface area contributed by atoms with E-state index in [9.17, 15) is 14.4 Å². The van der Waals surface area contributed by atoms with Crippen molar-refractivity contribution in [3.05, 3.63) is 115 Å². The van der Waals surface area contributed by atoms with Gasteiger partial charge in [-0.25, -0.2) is 29.3 Å². The molecule has 13 heteroatoms. The van der Waals surface area contributed by atoms with Gasteiger partial charge in [0.25, 0.3) is 0 Å². The summed E-state index contributed by atoms with van der Waals surface area (Å²) in [6.07, 6.45) is 6.21. The molecule has 3 aromatic carbocycles. The number of hydrogen-bond acceptors (Lipinski definition) is 13. The minimum Gasteiger partial charge on any atom is -0.452 e. The minimum absolute atomic E-state index is 0.0144. The van der Waals surface area contributed by atoms with Crippen LogP contribution in [0.3, 0.4) is 0 Å². The van der Waals surface area contributed by atoms with E-state index < -0.39 is 16.9 Å². The van der Waals surface area contributed by atoms with Crippen molar-refractivity contribution in [2.45, 2.75) is 105 Å². The van der Waals surface area contributed by atoms with Crippen LogP contribution in [0.2, 0.25) is 0 Å². The molecule has 0 fully saturated rings. The molecule has 10 rings (SSSR count). The van der Waals surface area contributed by atoms with E-state index in [1.807, 2.05) is 30.3 Å². The first-order chi connectivity index (χ1) is 33.2. The third-order valence-corrected chi connectivity index (χ3v) is 14.4. The largest absolute Gasteiger partial charge is 0.452 e. The summed E-state index contributed by atoms with van der Waals surface area (Å²) in [4.78, 5) is 63.6. The average molecular weight is 929 g/mol. The second kappa shape index (κ2) is 17.8. The molecule has 0 spiro atoms. The summed E-state index contributed by atoms with van der Waals surface area (Å²) in [5.74, 6) is 0.401. The number of anilines is 3. The number of rotatable bonds is 14. The Balaban J connectivity index is 1.11. The third-order valence-electron chi connectivity index (χ3n) is 14.4. The average Bonchev–Trinajstić information content (AvgIpc) is 3.83. The van der Waals surface area contributed by atoms with Gasteiger partial charge in [0.05, 0.1) is 0 Å². The van der Waals surface area contributed by atoms with Crippen LogP contribution in [0.15, 0.2) is 105 Å². The van der Waals surface area contributed by atoms with Gasteiger partial charge in [-0.3, -0.25) is 0 Å². The first-order valence-electron chi connectivity index (χ1n) is 24.6. The Kier molecular flexibility index (Phi) is 11.8. The van der Waals surface area contributed by atoms with Crippen molar-refractivity contribution in [3.8, 4) is 45.7 Å². The molecule has 69 heavy (non-hydrogen) atoms. The number of aromatic nitrogens is 3. The maximum absolute atomic E-state index is 14.4. The smallest absolute Gasteiger partial charge is 0.347 e. The summed E-state index contributed by atoms with van der Waals surface area (Å²) in [5.41, 5.74) is 4.97. The van der Waals surface area contributed by atoms with Crippen molar-refractivity contribution in [2.24, 2.45) is 0 Å². The number of benzene rings is 3. The topological polar surface area (TPSA) is 152 Å². The number of fused-ring (bicyclic) bond motifs is 4. The van der Waals surface area contributed by atoms with Gasteiger partial charge in [-0.05, 0) is 117 Å². The van der Waals surface area contributed by atoms with Gasteiger partial charge in [-0.15, -0.1) is 0 Å². The lowest BCUT2D eigenvalue weighted by Gasteiger charge is -2.48. The molecule has 0 unspecified atom stereocenters. The standard InChI is InChI=1S/C56H60N6O7/c1-9-13-23-61(24-14-10-2)37-18-16-33-27-38(52(63)67-45(33)32-37)42-19-20-43(66-42)51-58-49(39-28-34-15-17-36(60(11-3)12-4)31-44(34)68-53(39)64)57-50(59-51)40-29-35-30-41-47-46(48(35)69-54(40)65)56(7,8)22-26-62(47)25-21-55(41,5)6/h15-20,27-32H,9-14,21-26H2,1-8H3. The van der Waals surface area contributed by atoms with Crippen molar-refractivity contribution in [1.82, 2.24) is 15.0 Å². The number of hydrogen-bond donors (Lipinski definition) is 0. The summed E-state index contributed by atoms with van der Waals surface area (Å²) >= 11 is 0. The van der Waals surface area contributed by atoms with Crippen molar-refractivity contribution in [2.75, 3.05) is 54.0 Å². The van der Waals surface area contributed by atoms with Gasteiger partial charge in [0.1, 0.15) is 39.2 Å². The Morgan fingerprint density at radius 1 is 0.551 bits per heavy atom. The molecule has 2 aliphatic rings. The van der Waals surface area contributed by atoms with Gasteiger partial charge < -0.3 is 32.4 Å². The quantitative estimate of drug-likeness (QED) is 0.0952. The Labute approximate surface area is 400 Å². The molecule has 0 atom stereocenters. The van der Waals surface area contributed by atoms with Gasteiger partial charge in [-0.1, -0.05) is 54.4 Å². The first-order valence-corrected chi connectivity index (χ1v) is 24.6. The first kappa shape index (κ1) is 45.7. The highest BCUT2D eigenvalue weighted by atomic mass is 16.4. The summed E-state index contributed by atoms with van der Waals surface area (Å²) in [5, 5.41) is 2.16. The minimum atomic E-state index is -0.663. The highest BCUT2D eigenvalue weighted by molar-refractivity contribution is 5.92. The molecular weight excluding hydrogens is 869 g/mol. The third kappa shape index (κ3) is 8.29. The van der Waals surface area contributed by atoms with Gasteiger partial charge in [0.15, 0.2) is 23.2 Å². The summed E-state index contributed by atoms with van der Waals surface area (Å²) < 4.78 is 24.7. The Bertz CT molecular complexity index is 3460. The SMILES string of the molecule is CCCCN(CCCC)c1ccc2cc(-c3ccc(-c4nc(-c5cc6ccc(N(CC)CC)cc6oc5=O)nc(-c5cc6cc7c8c(c6oc5=O)C(C)(C)CCN8CCC7(C)C)n4)o3)c(=O)oc2c1. The summed E-state index contributed by atoms with van der Waals surface area (Å²) in [6.45, 7) is 22.8. The summed E-state index contributed by atoms with van der Waals surface area (Å²) in [7, 11) is 0. The molecule has 8 aromatic rings. The van der Waals surface area contributed by atoms with E-state index >= 15 is 0 Å². The van der Waals surface area contributed by atoms with Crippen molar-refractivity contribution in [1.29, 1.82) is 0 Å². The fraction of sp³-hybridized carbons (Fsp3) is 0.393. The molecular formula is C56H60N6O7.